The van der Waals surface area contributed by atoms with Crippen molar-refractivity contribution in [1.82, 2.24) is 9.97 Å². The smallest absolute Gasteiger partial charge is 0.306 e. The van der Waals surface area contributed by atoms with E-state index in [1.807, 2.05) is 45.0 Å². The van der Waals surface area contributed by atoms with E-state index in [4.69, 9.17) is 5.11 Å². The lowest BCUT2D eigenvalue weighted by molar-refractivity contribution is -0.141. The van der Waals surface area contributed by atoms with Gasteiger partial charge in [-0.2, -0.15) is 0 Å². The van der Waals surface area contributed by atoms with Gasteiger partial charge in [-0.1, -0.05) is 31.2 Å². The number of aliphatic carboxylic acids is 1. The number of hydrogen-bond donors (Lipinski definition) is 1. The first-order chi connectivity index (χ1) is 9.90. The molecule has 4 heteroatoms. The maximum atomic E-state index is 11.0. The molecule has 1 N–H and O–H groups in total. The Bertz CT molecular complexity index is 657. The van der Waals surface area contributed by atoms with Crippen molar-refractivity contribution in [3.05, 3.63) is 46.8 Å². The lowest BCUT2D eigenvalue weighted by Gasteiger charge is -2.13. The maximum absolute atomic E-state index is 11.0. The fourth-order valence-corrected chi connectivity index (χ4v) is 2.37. The number of carbonyl (C=O) groups is 1. The molecule has 21 heavy (non-hydrogen) atoms. The number of carboxylic acids is 1. The Balaban J connectivity index is 2.42. The molecule has 110 valence electrons. The zero-order valence-corrected chi connectivity index (χ0v) is 12.8. The van der Waals surface area contributed by atoms with Gasteiger partial charge in [0.1, 0.15) is 0 Å². The SMILES string of the molecule is Cc1ccccc1-c1nc(C)c(CC(C)C(=O)O)c(C)n1. The van der Waals surface area contributed by atoms with Crippen LogP contribution in [-0.4, -0.2) is 21.0 Å². The van der Waals surface area contributed by atoms with Crippen molar-refractivity contribution in [2.24, 2.45) is 5.92 Å². The Morgan fingerprint density at radius 3 is 2.24 bits per heavy atom. The van der Waals surface area contributed by atoms with Gasteiger partial charge in [0.25, 0.3) is 0 Å². The first-order valence-electron chi connectivity index (χ1n) is 7.03. The molecule has 2 rings (SSSR count). The molecule has 0 saturated carbocycles. The van der Waals surface area contributed by atoms with Crippen LogP contribution in [0.25, 0.3) is 11.4 Å². The summed E-state index contributed by atoms with van der Waals surface area (Å²) in [6.07, 6.45) is 0.459. The summed E-state index contributed by atoms with van der Waals surface area (Å²) in [7, 11) is 0. The largest absolute Gasteiger partial charge is 0.481 e. The van der Waals surface area contributed by atoms with E-state index in [9.17, 15) is 4.79 Å². The van der Waals surface area contributed by atoms with Gasteiger partial charge in [0.15, 0.2) is 5.82 Å². The monoisotopic (exact) mass is 284 g/mol. The summed E-state index contributed by atoms with van der Waals surface area (Å²) in [5.41, 5.74) is 4.79. The molecule has 0 bridgehead atoms. The van der Waals surface area contributed by atoms with Crippen LogP contribution in [0.1, 0.15) is 29.4 Å². The van der Waals surface area contributed by atoms with Crippen LogP contribution in [0.5, 0.6) is 0 Å². The molecule has 0 amide bonds. The maximum Gasteiger partial charge on any atom is 0.306 e. The van der Waals surface area contributed by atoms with Gasteiger partial charge >= 0.3 is 5.97 Å². The van der Waals surface area contributed by atoms with Crippen LogP contribution in [-0.2, 0) is 11.2 Å². The number of aryl methyl sites for hydroxylation is 3. The van der Waals surface area contributed by atoms with Crippen molar-refractivity contribution in [3.8, 4) is 11.4 Å². The molecule has 2 aromatic rings. The van der Waals surface area contributed by atoms with E-state index in [-0.39, 0.29) is 0 Å². The second-order valence-corrected chi connectivity index (χ2v) is 5.45. The minimum atomic E-state index is -0.795. The highest BCUT2D eigenvalue weighted by molar-refractivity contribution is 5.70. The van der Waals surface area contributed by atoms with E-state index in [1.54, 1.807) is 6.92 Å². The summed E-state index contributed by atoms with van der Waals surface area (Å²) in [6.45, 7) is 7.57. The second kappa shape index (κ2) is 6.04. The Kier molecular flexibility index (Phi) is 4.36. The highest BCUT2D eigenvalue weighted by Crippen LogP contribution is 2.23. The van der Waals surface area contributed by atoms with Gasteiger partial charge in [0.2, 0.25) is 0 Å². The van der Waals surface area contributed by atoms with Gasteiger partial charge in [-0.25, -0.2) is 9.97 Å². The number of hydrogen-bond acceptors (Lipinski definition) is 3. The molecule has 0 saturated heterocycles. The molecule has 1 aromatic heterocycles. The number of benzene rings is 1. The normalized spacial score (nSPS) is 12.2. The molecule has 0 radical (unpaired) electrons. The fraction of sp³-hybridized carbons (Fsp3) is 0.353. The zero-order chi connectivity index (χ0) is 15.6. The predicted octanol–water partition coefficient (Wildman–Crippen LogP) is 3.33. The quantitative estimate of drug-likeness (QED) is 0.935. The molecule has 1 aromatic carbocycles. The van der Waals surface area contributed by atoms with Gasteiger partial charge < -0.3 is 5.11 Å². The van der Waals surface area contributed by atoms with Gasteiger partial charge in [-0.15, -0.1) is 0 Å². The summed E-state index contributed by atoms with van der Waals surface area (Å²) < 4.78 is 0. The standard InChI is InChI=1S/C17H20N2O2/c1-10-7-5-6-8-14(10)16-18-12(3)15(13(4)19-16)9-11(2)17(20)21/h5-8,11H,9H2,1-4H3,(H,20,21). The molecule has 0 aliphatic heterocycles. The number of carboxylic acid groups (broad SMARTS) is 1. The third-order valence-electron chi connectivity index (χ3n) is 3.74. The summed E-state index contributed by atoms with van der Waals surface area (Å²) in [6, 6.07) is 7.99. The van der Waals surface area contributed by atoms with Gasteiger partial charge in [-0.3, -0.25) is 4.79 Å². The number of rotatable bonds is 4. The molecule has 1 atom stereocenters. The van der Waals surface area contributed by atoms with Crippen molar-refractivity contribution in [2.45, 2.75) is 34.1 Å². The topological polar surface area (TPSA) is 63.1 Å². The Morgan fingerprint density at radius 1 is 1.14 bits per heavy atom. The molecule has 0 aliphatic rings. The molecule has 0 fully saturated rings. The first-order valence-corrected chi connectivity index (χ1v) is 7.03. The van der Waals surface area contributed by atoms with E-state index in [1.165, 1.54) is 0 Å². The molecular formula is C17H20N2O2. The minimum absolute atomic E-state index is 0.435. The molecule has 0 spiro atoms. The van der Waals surface area contributed by atoms with Crippen molar-refractivity contribution in [3.63, 3.8) is 0 Å². The molecule has 1 unspecified atom stereocenters. The van der Waals surface area contributed by atoms with Crippen LogP contribution < -0.4 is 0 Å². The summed E-state index contributed by atoms with van der Waals surface area (Å²) in [5, 5.41) is 9.05. The molecule has 1 heterocycles. The van der Waals surface area contributed by atoms with Gasteiger partial charge in [0, 0.05) is 17.0 Å². The third kappa shape index (κ3) is 3.27. The molecule has 0 aliphatic carbocycles. The number of aromatic nitrogens is 2. The van der Waals surface area contributed by atoms with Crippen molar-refractivity contribution in [2.75, 3.05) is 0 Å². The predicted molar refractivity (Wildman–Crippen MR) is 82.2 cm³/mol. The van der Waals surface area contributed by atoms with Crippen LogP contribution in [0.15, 0.2) is 24.3 Å². The van der Waals surface area contributed by atoms with E-state index >= 15 is 0 Å². The Morgan fingerprint density at radius 2 is 1.71 bits per heavy atom. The highest BCUT2D eigenvalue weighted by atomic mass is 16.4. The van der Waals surface area contributed by atoms with E-state index in [2.05, 4.69) is 9.97 Å². The van der Waals surface area contributed by atoms with E-state index < -0.39 is 11.9 Å². The minimum Gasteiger partial charge on any atom is -0.481 e. The zero-order valence-electron chi connectivity index (χ0n) is 12.8. The first kappa shape index (κ1) is 15.2. The van der Waals surface area contributed by atoms with Crippen LogP contribution in [0.4, 0.5) is 0 Å². The summed E-state index contributed by atoms with van der Waals surface area (Å²) in [4.78, 5) is 20.2. The Hall–Kier alpha value is -2.23. The van der Waals surface area contributed by atoms with Crippen LogP contribution >= 0.6 is 0 Å². The average molecular weight is 284 g/mol. The number of nitrogens with zero attached hydrogens (tertiary/aromatic N) is 2. The fourth-order valence-electron chi connectivity index (χ4n) is 2.37. The highest BCUT2D eigenvalue weighted by Gasteiger charge is 2.17. The van der Waals surface area contributed by atoms with Crippen LogP contribution in [0.2, 0.25) is 0 Å². The lowest BCUT2D eigenvalue weighted by atomic mass is 9.98. The van der Waals surface area contributed by atoms with Gasteiger partial charge in [-0.05, 0) is 38.3 Å². The lowest BCUT2D eigenvalue weighted by Crippen LogP contribution is -2.15. The van der Waals surface area contributed by atoms with E-state index in [0.29, 0.717) is 12.2 Å². The third-order valence-corrected chi connectivity index (χ3v) is 3.74. The van der Waals surface area contributed by atoms with Crippen LogP contribution in [0, 0.1) is 26.7 Å². The van der Waals surface area contributed by atoms with Crippen LogP contribution in [0.3, 0.4) is 0 Å². The van der Waals surface area contributed by atoms with Crippen molar-refractivity contribution < 1.29 is 9.90 Å². The van der Waals surface area contributed by atoms with Gasteiger partial charge in [0.05, 0.1) is 5.92 Å². The second-order valence-electron chi connectivity index (χ2n) is 5.45. The molecule has 4 nitrogen and oxygen atoms in total. The van der Waals surface area contributed by atoms with Crippen molar-refractivity contribution >= 4 is 5.97 Å². The average Bonchev–Trinajstić information content (AvgIpc) is 2.42. The van der Waals surface area contributed by atoms with E-state index in [0.717, 1.165) is 28.1 Å². The Labute approximate surface area is 124 Å². The molecular weight excluding hydrogens is 264 g/mol. The summed E-state index contributed by atoms with van der Waals surface area (Å²) >= 11 is 0. The van der Waals surface area contributed by atoms with Crippen molar-refractivity contribution in [1.29, 1.82) is 0 Å². The summed E-state index contributed by atoms with van der Waals surface area (Å²) in [5.74, 6) is -0.526.